The third-order valence-electron chi connectivity index (χ3n) is 4.86. The molecule has 7 heteroatoms. The van der Waals surface area contributed by atoms with E-state index >= 15 is 0 Å². The highest BCUT2D eigenvalue weighted by atomic mass is 32.2. The van der Waals surface area contributed by atoms with Crippen LogP contribution in [0.4, 0.5) is 0 Å². The molecule has 0 fully saturated rings. The molecule has 0 N–H and O–H groups in total. The molecular formula is C22H28N4O2S. The molecule has 1 aromatic heterocycles. The van der Waals surface area contributed by atoms with Gasteiger partial charge in [-0.1, -0.05) is 49.7 Å². The fraction of sp³-hybridized carbons (Fsp3) is 0.409. The fourth-order valence-corrected chi connectivity index (χ4v) is 4.02. The molecule has 3 rings (SSSR count). The third-order valence-corrected chi connectivity index (χ3v) is 5.83. The Labute approximate surface area is 176 Å². The van der Waals surface area contributed by atoms with Crippen LogP contribution in [0.3, 0.4) is 0 Å². The van der Waals surface area contributed by atoms with Crippen LogP contribution in [0.15, 0.2) is 47.9 Å². The van der Waals surface area contributed by atoms with Gasteiger partial charge in [-0.15, -0.1) is 10.2 Å². The average molecular weight is 413 g/mol. The Morgan fingerprint density at radius 3 is 2.76 bits per heavy atom. The number of carbonyl (C=O) groups excluding carboxylic acids is 1. The molecule has 0 bridgehead atoms. The minimum absolute atomic E-state index is 0.0768. The van der Waals surface area contributed by atoms with Crippen molar-refractivity contribution in [2.75, 3.05) is 19.9 Å². The van der Waals surface area contributed by atoms with E-state index in [0.717, 1.165) is 40.2 Å². The van der Waals surface area contributed by atoms with Crippen molar-refractivity contribution in [1.82, 2.24) is 19.7 Å². The molecule has 29 heavy (non-hydrogen) atoms. The maximum absolute atomic E-state index is 12.6. The van der Waals surface area contributed by atoms with Gasteiger partial charge in [0.15, 0.2) is 5.16 Å². The zero-order valence-electron chi connectivity index (χ0n) is 17.3. The van der Waals surface area contributed by atoms with E-state index in [4.69, 9.17) is 4.74 Å². The van der Waals surface area contributed by atoms with Gasteiger partial charge in [-0.2, -0.15) is 0 Å². The number of aromatic nitrogens is 3. The van der Waals surface area contributed by atoms with Crippen molar-refractivity contribution in [3.05, 3.63) is 48.3 Å². The van der Waals surface area contributed by atoms with Crippen LogP contribution in [0, 0.1) is 0 Å². The normalized spacial score (nSPS) is 11.0. The van der Waals surface area contributed by atoms with Crippen molar-refractivity contribution >= 4 is 28.4 Å². The van der Waals surface area contributed by atoms with Crippen LogP contribution in [-0.4, -0.2) is 45.5 Å². The molecule has 1 heterocycles. The summed E-state index contributed by atoms with van der Waals surface area (Å²) in [6.07, 6.45) is 5.21. The maximum atomic E-state index is 12.6. The highest BCUT2D eigenvalue weighted by molar-refractivity contribution is 7.99. The van der Waals surface area contributed by atoms with Gasteiger partial charge >= 0.3 is 0 Å². The largest absolute Gasteiger partial charge is 0.497 e. The molecule has 0 spiro atoms. The Kier molecular flexibility index (Phi) is 7.52. The number of hydrogen-bond donors (Lipinski definition) is 0. The summed E-state index contributed by atoms with van der Waals surface area (Å²) in [5.74, 6) is 1.28. The van der Waals surface area contributed by atoms with Crippen LogP contribution in [-0.2, 0) is 17.9 Å². The Balaban J connectivity index is 1.55. The van der Waals surface area contributed by atoms with Crippen molar-refractivity contribution in [3.63, 3.8) is 0 Å². The first-order valence-electron chi connectivity index (χ1n) is 9.92. The number of ether oxygens (including phenoxy) is 1. The number of nitrogens with zero attached hydrogens (tertiary/aromatic N) is 4. The maximum Gasteiger partial charge on any atom is 0.233 e. The molecule has 3 aromatic rings. The molecule has 0 saturated carbocycles. The Morgan fingerprint density at radius 1 is 1.17 bits per heavy atom. The molecule has 2 aromatic carbocycles. The molecule has 0 unspecified atom stereocenters. The van der Waals surface area contributed by atoms with E-state index < -0.39 is 0 Å². The highest BCUT2D eigenvalue weighted by Crippen LogP contribution is 2.23. The van der Waals surface area contributed by atoms with E-state index in [2.05, 4.69) is 35.3 Å². The number of methoxy groups -OCH3 is 1. The van der Waals surface area contributed by atoms with Gasteiger partial charge in [-0.3, -0.25) is 4.79 Å². The van der Waals surface area contributed by atoms with Gasteiger partial charge in [-0.05, 0) is 41.0 Å². The second kappa shape index (κ2) is 10.3. The lowest BCUT2D eigenvalue weighted by Gasteiger charge is -2.17. The summed E-state index contributed by atoms with van der Waals surface area (Å²) in [6.45, 7) is 3.66. The first-order valence-corrected chi connectivity index (χ1v) is 10.9. The molecular weight excluding hydrogens is 384 g/mol. The van der Waals surface area contributed by atoms with Crippen LogP contribution in [0.5, 0.6) is 5.75 Å². The van der Waals surface area contributed by atoms with Crippen molar-refractivity contribution in [1.29, 1.82) is 0 Å². The van der Waals surface area contributed by atoms with Crippen molar-refractivity contribution in [2.45, 2.75) is 44.4 Å². The average Bonchev–Trinajstić information content (AvgIpc) is 3.19. The standard InChI is InChI=1S/C22H28N4O2S/c1-4-5-6-11-26-16-23-24-22(26)29-15-21(27)25(2)14-17-7-8-19-13-20(28-3)10-9-18(19)12-17/h7-10,12-13,16H,4-6,11,14-15H2,1-3H3. The van der Waals surface area contributed by atoms with Gasteiger partial charge in [0.05, 0.1) is 12.9 Å². The zero-order valence-corrected chi connectivity index (χ0v) is 18.1. The Morgan fingerprint density at radius 2 is 1.97 bits per heavy atom. The second-order valence-electron chi connectivity index (χ2n) is 7.10. The number of thioether (sulfide) groups is 1. The van der Waals surface area contributed by atoms with E-state index in [9.17, 15) is 4.79 Å². The SMILES string of the molecule is CCCCCn1cnnc1SCC(=O)N(C)Cc1ccc2cc(OC)ccc2c1. The predicted molar refractivity (Wildman–Crippen MR) is 117 cm³/mol. The number of rotatable bonds is 10. The van der Waals surface area contributed by atoms with Crippen LogP contribution in [0.25, 0.3) is 10.8 Å². The number of amides is 1. The summed E-state index contributed by atoms with van der Waals surface area (Å²) < 4.78 is 7.31. The van der Waals surface area contributed by atoms with Gasteiger partial charge in [0.25, 0.3) is 0 Å². The third kappa shape index (κ3) is 5.73. The van der Waals surface area contributed by atoms with Crippen molar-refractivity contribution in [2.24, 2.45) is 0 Å². The number of benzene rings is 2. The zero-order chi connectivity index (χ0) is 20.6. The van der Waals surface area contributed by atoms with Crippen molar-refractivity contribution in [3.8, 4) is 5.75 Å². The number of unbranched alkanes of at least 4 members (excludes halogenated alkanes) is 2. The summed E-state index contributed by atoms with van der Waals surface area (Å²) in [6, 6.07) is 12.3. The number of aryl methyl sites for hydroxylation is 1. The molecule has 154 valence electrons. The lowest BCUT2D eigenvalue weighted by atomic mass is 10.1. The van der Waals surface area contributed by atoms with Gasteiger partial charge in [-0.25, -0.2) is 0 Å². The molecule has 0 saturated heterocycles. The van der Waals surface area contributed by atoms with Gasteiger partial charge < -0.3 is 14.2 Å². The summed E-state index contributed by atoms with van der Waals surface area (Å²) in [5.41, 5.74) is 1.10. The van der Waals surface area contributed by atoms with Crippen LogP contribution >= 0.6 is 11.8 Å². The smallest absolute Gasteiger partial charge is 0.233 e. The Bertz CT molecular complexity index is 957. The van der Waals surface area contributed by atoms with E-state index in [-0.39, 0.29) is 5.91 Å². The van der Waals surface area contributed by atoms with Crippen molar-refractivity contribution < 1.29 is 9.53 Å². The molecule has 0 aliphatic rings. The van der Waals surface area contributed by atoms with Crippen LogP contribution < -0.4 is 4.74 Å². The van der Waals surface area contributed by atoms with E-state index in [1.807, 2.05) is 29.8 Å². The molecule has 0 radical (unpaired) electrons. The van der Waals surface area contributed by atoms with E-state index in [1.54, 1.807) is 18.3 Å². The summed E-state index contributed by atoms with van der Waals surface area (Å²) in [7, 11) is 3.51. The first-order chi connectivity index (χ1) is 14.1. The fourth-order valence-electron chi connectivity index (χ4n) is 3.14. The van der Waals surface area contributed by atoms with E-state index in [0.29, 0.717) is 12.3 Å². The summed E-state index contributed by atoms with van der Waals surface area (Å²) in [5, 5.41) is 11.2. The quantitative estimate of drug-likeness (QED) is 0.365. The molecule has 6 nitrogen and oxygen atoms in total. The summed E-state index contributed by atoms with van der Waals surface area (Å²) in [4.78, 5) is 14.4. The topological polar surface area (TPSA) is 60.2 Å². The monoisotopic (exact) mass is 412 g/mol. The first kappa shape index (κ1) is 21.2. The molecule has 1 amide bonds. The highest BCUT2D eigenvalue weighted by Gasteiger charge is 2.13. The minimum Gasteiger partial charge on any atom is -0.497 e. The number of carbonyl (C=O) groups is 1. The van der Waals surface area contributed by atoms with Crippen LogP contribution in [0.2, 0.25) is 0 Å². The Hall–Kier alpha value is -2.54. The van der Waals surface area contributed by atoms with Crippen LogP contribution in [0.1, 0.15) is 31.7 Å². The van der Waals surface area contributed by atoms with Gasteiger partial charge in [0, 0.05) is 20.1 Å². The lowest BCUT2D eigenvalue weighted by molar-refractivity contribution is -0.127. The molecule has 0 aliphatic carbocycles. The van der Waals surface area contributed by atoms with E-state index in [1.165, 1.54) is 24.6 Å². The summed E-state index contributed by atoms with van der Waals surface area (Å²) >= 11 is 1.45. The molecule has 0 atom stereocenters. The van der Waals surface area contributed by atoms with Gasteiger partial charge in [0.2, 0.25) is 5.91 Å². The second-order valence-corrected chi connectivity index (χ2v) is 8.04. The minimum atomic E-state index is 0.0768. The lowest BCUT2D eigenvalue weighted by Crippen LogP contribution is -2.27. The molecule has 0 aliphatic heterocycles. The van der Waals surface area contributed by atoms with Gasteiger partial charge in [0.1, 0.15) is 12.1 Å². The number of hydrogen-bond acceptors (Lipinski definition) is 5. The predicted octanol–water partition coefficient (Wildman–Crippen LogP) is 4.38. The number of fused-ring (bicyclic) bond motifs is 1.